The summed E-state index contributed by atoms with van der Waals surface area (Å²) in [6, 6.07) is 5.99. The molecule has 1 aromatic carbocycles. The van der Waals surface area contributed by atoms with Gasteiger partial charge in [-0.2, -0.15) is 0 Å². The van der Waals surface area contributed by atoms with Crippen LogP contribution in [-0.4, -0.2) is 23.0 Å². The normalized spacial score (nSPS) is 18.2. The minimum absolute atomic E-state index is 0.0327. The van der Waals surface area contributed by atoms with Gasteiger partial charge in [-0.15, -0.1) is 0 Å². The van der Waals surface area contributed by atoms with E-state index >= 15 is 0 Å². The molecule has 0 heterocycles. The van der Waals surface area contributed by atoms with Crippen molar-refractivity contribution < 1.29 is 19.1 Å². The van der Waals surface area contributed by atoms with Crippen LogP contribution in [0.2, 0.25) is 0 Å². The first-order valence-electron chi connectivity index (χ1n) is 8.23. The van der Waals surface area contributed by atoms with Crippen LogP contribution in [0.15, 0.2) is 24.3 Å². The van der Waals surface area contributed by atoms with Gasteiger partial charge in [-0.1, -0.05) is 31.4 Å². The van der Waals surface area contributed by atoms with E-state index in [2.05, 4.69) is 5.32 Å². The highest BCUT2D eigenvalue weighted by Crippen LogP contribution is 2.40. The fourth-order valence-electron chi connectivity index (χ4n) is 3.35. The molecule has 2 rings (SSSR count). The third-order valence-electron chi connectivity index (χ3n) is 4.71. The van der Waals surface area contributed by atoms with Crippen molar-refractivity contribution in [3.8, 4) is 0 Å². The quantitative estimate of drug-likeness (QED) is 0.844. The Morgan fingerprint density at radius 1 is 1.22 bits per heavy atom. The van der Waals surface area contributed by atoms with E-state index in [-0.39, 0.29) is 24.2 Å². The zero-order chi connectivity index (χ0) is 16.9. The molecule has 1 aliphatic rings. The summed E-state index contributed by atoms with van der Waals surface area (Å²) in [7, 11) is 0. The molecule has 1 atom stereocenters. The van der Waals surface area contributed by atoms with Crippen LogP contribution in [0.3, 0.4) is 0 Å². The number of amides is 1. The van der Waals surface area contributed by atoms with E-state index in [9.17, 15) is 14.0 Å². The van der Waals surface area contributed by atoms with Crippen LogP contribution in [0.1, 0.15) is 57.4 Å². The lowest BCUT2D eigenvalue weighted by molar-refractivity contribution is -0.137. The molecule has 0 spiro atoms. The number of carbonyl (C=O) groups is 2. The summed E-state index contributed by atoms with van der Waals surface area (Å²) in [4.78, 5) is 23.6. The minimum atomic E-state index is -0.864. The molecule has 23 heavy (non-hydrogen) atoms. The molecule has 1 aromatic rings. The van der Waals surface area contributed by atoms with E-state index in [4.69, 9.17) is 5.11 Å². The number of aliphatic carboxylic acids is 1. The van der Waals surface area contributed by atoms with Gasteiger partial charge in [-0.05, 0) is 43.9 Å². The monoisotopic (exact) mass is 321 g/mol. The van der Waals surface area contributed by atoms with Gasteiger partial charge >= 0.3 is 5.97 Å². The number of carboxylic acids is 1. The number of carboxylic acid groups (broad SMARTS) is 1. The van der Waals surface area contributed by atoms with Gasteiger partial charge in [-0.3, -0.25) is 9.59 Å². The smallest absolute Gasteiger partial charge is 0.303 e. The Balaban J connectivity index is 2.15. The topological polar surface area (TPSA) is 66.4 Å². The molecular formula is C18H24FNO3. The summed E-state index contributed by atoms with van der Waals surface area (Å²) < 4.78 is 13.2. The maximum atomic E-state index is 13.2. The standard InChI is InChI=1S/C18H24FNO3/c1-13(5-10-16(21)22)20-17(23)18(11-3-2-4-12-18)14-6-8-15(19)9-7-14/h6-9,13H,2-5,10-12H2,1H3,(H,20,23)(H,21,22). The van der Waals surface area contributed by atoms with Crippen molar-refractivity contribution in [2.45, 2.75) is 63.3 Å². The van der Waals surface area contributed by atoms with Crippen molar-refractivity contribution in [3.63, 3.8) is 0 Å². The molecule has 1 fully saturated rings. The zero-order valence-corrected chi connectivity index (χ0v) is 13.5. The average molecular weight is 321 g/mol. The highest BCUT2D eigenvalue weighted by molar-refractivity contribution is 5.88. The van der Waals surface area contributed by atoms with Crippen molar-refractivity contribution in [3.05, 3.63) is 35.6 Å². The van der Waals surface area contributed by atoms with Crippen LogP contribution in [0.25, 0.3) is 0 Å². The lowest BCUT2D eigenvalue weighted by Gasteiger charge is -2.37. The first kappa shape index (κ1) is 17.4. The van der Waals surface area contributed by atoms with Gasteiger partial charge in [0, 0.05) is 12.5 Å². The molecule has 1 amide bonds. The molecule has 0 bridgehead atoms. The summed E-state index contributed by atoms with van der Waals surface area (Å²) in [5.74, 6) is -1.24. The number of hydrogen-bond acceptors (Lipinski definition) is 2. The Morgan fingerprint density at radius 3 is 2.39 bits per heavy atom. The lowest BCUT2D eigenvalue weighted by Crippen LogP contribution is -2.48. The molecule has 0 aliphatic heterocycles. The van der Waals surface area contributed by atoms with Gasteiger partial charge in [0.1, 0.15) is 5.82 Å². The van der Waals surface area contributed by atoms with Gasteiger partial charge in [0.2, 0.25) is 5.91 Å². The number of hydrogen-bond donors (Lipinski definition) is 2. The van der Waals surface area contributed by atoms with Gasteiger partial charge in [0.25, 0.3) is 0 Å². The van der Waals surface area contributed by atoms with E-state index < -0.39 is 11.4 Å². The van der Waals surface area contributed by atoms with E-state index in [1.54, 1.807) is 12.1 Å². The van der Waals surface area contributed by atoms with Gasteiger partial charge in [0.05, 0.1) is 5.41 Å². The molecule has 4 nitrogen and oxygen atoms in total. The average Bonchev–Trinajstić information content (AvgIpc) is 2.54. The first-order valence-corrected chi connectivity index (χ1v) is 8.23. The molecule has 5 heteroatoms. The second-order valence-corrected chi connectivity index (χ2v) is 6.46. The van der Waals surface area contributed by atoms with Crippen LogP contribution in [0.4, 0.5) is 4.39 Å². The molecule has 0 radical (unpaired) electrons. The molecule has 1 aliphatic carbocycles. The summed E-state index contributed by atoms with van der Waals surface area (Å²) in [5, 5.41) is 11.7. The maximum Gasteiger partial charge on any atom is 0.303 e. The molecule has 1 unspecified atom stereocenters. The highest BCUT2D eigenvalue weighted by Gasteiger charge is 2.41. The molecule has 0 aromatic heterocycles. The van der Waals surface area contributed by atoms with Crippen molar-refractivity contribution in [1.29, 1.82) is 0 Å². The second-order valence-electron chi connectivity index (χ2n) is 6.46. The Bertz CT molecular complexity index is 550. The Labute approximate surface area is 136 Å². The number of halogens is 1. The number of benzene rings is 1. The lowest BCUT2D eigenvalue weighted by atomic mass is 9.68. The SMILES string of the molecule is CC(CCC(=O)O)NC(=O)C1(c2ccc(F)cc2)CCCCC1. The molecule has 0 saturated heterocycles. The van der Waals surface area contributed by atoms with Crippen molar-refractivity contribution in [2.75, 3.05) is 0 Å². The number of carbonyl (C=O) groups excluding carboxylic acids is 1. The summed E-state index contributed by atoms with van der Waals surface area (Å²) >= 11 is 0. The van der Waals surface area contributed by atoms with Crippen LogP contribution in [-0.2, 0) is 15.0 Å². The fourth-order valence-corrected chi connectivity index (χ4v) is 3.35. The van der Waals surface area contributed by atoms with E-state index in [1.807, 2.05) is 6.92 Å². The zero-order valence-electron chi connectivity index (χ0n) is 13.5. The molecular weight excluding hydrogens is 297 g/mol. The van der Waals surface area contributed by atoms with E-state index in [0.717, 1.165) is 37.7 Å². The van der Waals surface area contributed by atoms with Crippen LogP contribution >= 0.6 is 0 Å². The van der Waals surface area contributed by atoms with Gasteiger partial charge in [0.15, 0.2) is 0 Å². The van der Waals surface area contributed by atoms with Crippen LogP contribution in [0.5, 0.6) is 0 Å². The third-order valence-corrected chi connectivity index (χ3v) is 4.71. The second kappa shape index (κ2) is 7.57. The van der Waals surface area contributed by atoms with Gasteiger partial charge in [-0.25, -0.2) is 4.39 Å². The predicted octanol–water partition coefficient (Wildman–Crippen LogP) is 3.40. The Hall–Kier alpha value is -1.91. The molecule has 126 valence electrons. The minimum Gasteiger partial charge on any atom is -0.481 e. The molecule has 2 N–H and O–H groups in total. The number of rotatable bonds is 6. The maximum absolute atomic E-state index is 13.2. The van der Waals surface area contributed by atoms with Crippen LogP contribution < -0.4 is 5.32 Å². The Morgan fingerprint density at radius 2 is 1.83 bits per heavy atom. The fraction of sp³-hybridized carbons (Fsp3) is 0.556. The summed E-state index contributed by atoms with van der Waals surface area (Å²) in [6.07, 6.45) is 4.96. The largest absolute Gasteiger partial charge is 0.481 e. The summed E-state index contributed by atoms with van der Waals surface area (Å²) in [6.45, 7) is 1.82. The Kier molecular flexibility index (Phi) is 5.74. The van der Waals surface area contributed by atoms with Crippen molar-refractivity contribution in [1.82, 2.24) is 5.32 Å². The van der Waals surface area contributed by atoms with Crippen molar-refractivity contribution in [2.24, 2.45) is 0 Å². The van der Waals surface area contributed by atoms with Crippen molar-refractivity contribution >= 4 is 11.9 Å². The number of nitrogens with one attached hydrogen (secondary N) is 1. The first-order chi connectivity index (χ1) is 10.9. The van der Waals surface area contributed by atoms with Gasteiger partial charge < -0.3 is 10.4 Å². The van der Waals surface area contributed by atoms with Crippen LogP contribution in [0, 0.1) is 5.82 Å². The van der Waals surface area contributed by atoms with E-state index in [1.165, 1.54) is 12.1 Å². The van der Waals surface area contributed by atoms with E-state index in [0.29, 0.717) is 6.42 Å². The molecule has 1 saturated carbocycles. The summed E-state index contributed by atoms with van der Waals surface area (Å²) in [5.41, 5.74) is 0.227. The highest BCUT2D eigenvalue weighted by atomic mass is 19.1. The third kappa shape index (κ3) is 4.30. The predicted molar refractivity (Wildman–Crippen MR) is 85.6 cm³/mol.